The number of aryl methyl sites for hydroxylation is 1. The third-order valence-electron chi connectivity index (χ3n) is 4.46. The summed E-state index contributed by atoms with van der Waals surface area (Å²) >= 11 is 1.89. The van der Waals surface area contributed by atoms with Gasteiger partial charge in [-0.25, -0.2) is 4.98 Å². The lowest BCUT2D eigenvalue weighted by Gasteiger charge is -2.37. The van der Waals surface area contributed by atoms with Gasteiger partial charge in [-0.2, -0.15) is 0 Å². The average Bonchev–Trinajstić information content (AvgIpc) is 2.96. The van der Waals surface area contributed by atoms with Crippen LogP contribution in [-0.2, 0) is 6.54 Å². The molecule has 0 spiro atoms. The highest BCUT2D eigenvalue weighted by molar-refractivity contribution is 7.15. The van der Waals surface area contributed by atoms with Gasteiger partial charge in [-0.1, -0.05) is 6.42 Å². The minimum absolute atomic E-state index is 0.784. The van der Waals surface area contributed by atoms with Gasteiger partial charge < -0.3 is 10.2 Å². The second kappa shape index (κ2) is 5.17. The Kier molecular flexibility index (Phi) is 3.57. The van der Waals surface area contributed by atoms with E-state index in [9.17, 15) is 0 Å². The molecule has 2 fully saturated rings. The molecule has 1 aromatic rings. The van der Waals surface area contributed by atoms with Gasteiger partial charge in [-0.15, -0.1) is 11.3 Å². The van der Waals surface area contributed by atoms with Crippen molar-refractivity contribution < 1.29 is 0 Å². The number of rotatable bonds is 3. The maximum Gasteiger partial charge on any atom is 0.186 e. The van der Waals surface area contributed by atoms with Crippen molar-refractivity contribution in [2.45, 2.75) is 51.6 Å². The quantitative estimate of drug-likeness (QED) is 0.911. The van der Waals surface area contributed by atoms with E-state index < -0.39 is 0 Å². The summed E-state index contributed by atoms with van der Waals surface area (Å²) in [6.07, 6.45) is 7.02. The molecule has 4 heteroatoms. The summed E-state index contributed by atoms with van der Waals surface area (Å²) in [5.41, 5.74) is 1.21. The number of aromatic nitrogens is 1. The van der Waals surface area contributed by atoms with E-state index >= 15 is 0 Å². The molecule has 18 heavy (non-hydrogen) atoms. The number of hydrogen-bond donors (Lipinski definition) is 1. The first-order valence-electron chi connectivity index (χ1n) is 7.17. The summed E-state index contributed by atoms with van der Waals surface area (Å²) in [6, 6.07) is 0.784. The van der Waals surface area contributed by atoms with E-state index in [1.807, 2.05) is 18.4 Å². The molecule has 0 aromatic carbocycles. The van der Waals surface area contributed by atoms with Crippen LogP contribution in [0.5, 0.6) is 0 Å². The zero-order valence-electron chi connectivity index (χ0n) is 11.4. The van der Waals surface area contributed by atoms with Crippen molar-refractivity contribution in [3.8, 4) is 0 Å². The molecule has 1 saturated carbocycles. The Balaban J connectivity index is 1.82. The van der Waals surface area contributed by atoms with E-state index in [1.165, 1.54) is 54.4 Å². The van der Waals surface area contributed by atoms with Crippen molar-refractivity contribution in [1.29, 1.82) is 0 Å². The minimum atomic E-state index is 0.784. The Bertz CT molecular complexity index is 415. The molecule has 2 unspecified atom stereocenters. The van der Waals surface area contributed by atoms with Gasteiger partial charge in [0.25, 0.3) is 0 Å². The SMILES string of the molecule is CNCc1sc(N2CCCC3CCCC32)nc1C. The molecule has 1 aromatic heterocycles. The van der Waals surface area contributed by atoms with Gasteiger partial charge in [-0.05, 0) is 45.6 Å². The first-order valence-corrected chi connectivity index (χ1v) is 7.99. The third-order valence-corrected chi connectivity index (χ3v) is 5.65. The highest BCUT2D eigenvalue weighted by Crippen LogP contribution is 2.40. The number of hydrogen-bond acceptors (Lipinski definition) is 4. The van der Waals surface area contributed by atoms with Crippen LogP contribution in [0.15, 0.2) is 0 Å². The summed E-state index contributed by atoms with van der Waals surface area (Å²) in [6.45, 7) is 4.31. The summed E-state index contributed by atoms with van der Waals surface area (Å²) in [7, 11) is 2.01. The molecule has 0 bridgehead atoms. The van der Waals surface area contributed by atoms with Crippen LogP contribution in [0.25, 0.3) is 0 Å². The number of anilines is 1. The van der Waals surface area contributed by atoms with Gasteiger partial charge in [0.15, 0.2) is 5.13 Å². The van der Waals surface area contributed by atoms with E-state index in [0.717, 1.165) is 18.5 Å². The zero-order chi connectivity index (χ0) is 12.5. The number of nitrogens with one attached hydrogen (secondary N) is 1. The number of thiazole rings is 1. The van der Waals surface area contributed by atoms with Crippen LogP contribution in [0.2, 0.25) is 0 Å². The Labute approximate surface area is 114 Å². The lowest BCUT2D eigenvalue weighted by molar-refractivity contribution is 0.362. The largest absolute Gasteiger partial charge is 0.345 e. The van der Waals surface area contributed by atoms with Gasteiger partial charge in [0.2, 0.25) is 0 Å². The molecular weight excluding hydrogens is 242 g/mol. The summed E-state index contributed by atoms with van der Waals surface area (Å²) in [5, 5.41) is 4.51. The Morgan fingerprint density at radius 3 is 3.00 bits per heavy atom. The van der Waals surface area contributed by atoms with Crippen molar-refractivity contribution in [1.82, 2.24) is 10.3 Å². The molecule has 2 heterocycles. The number of piperidine rings is 1. The second-order valence-electron chi connectivity index (χ2n) is 5.63. The van der Waals surface area contributed by atoms with E-state index in [0.29, 0.717) is 0 Å². The molecule has 3 rings (SSSR count). The smallest absolute Gasteiger partial charge is 0.186 e. The van der Waals surface area contributed by atoms with Crippen LogP contribution in [-0.4, -0.2) is 24.6 Å². The standard InChI is InChI=1S/C14H23N3S/c1-10-13(9-15-2)18-14(16-10)17-8-4-6-11-5-3-7-12(11)17/h11-12,15H,3-9H2,1-2H3. The van der Waals surface area contributed by atoms with Gasteiger partial charge in [0, 0.05) is 24.0 Å². The molecule has 100 valence electrons. The Morgan fingerprint density at radius 1 is 1.33 bits per heavy atom. The summed E-state index contributed by atoms with van der Waals surface area (Å²) in [5.74, 6) is 0.940. The second-order valence-corrected chi connectivity index (χ2v) is 6.69. The molecule has 0 amide bonds. The normalized spacial score (nSPS) is 27.6. The predicted molar refractivity (Wildman–Crippen MR) is 77.3 cm³/mol. The molecule has 3 nitrogen and oxygen atoms in total. The Hall–Kier alpha value is -0.610. The highest BCUT2D eigenvalue weighted by atomic mass is 32.1. The Morgan fingerprint density at radius 2 is 2.17 bits per heavy atom. The predicted octanol–water partition coefficient (Wildman–Crippen LogP) is 2.94. The maximum atomic E-state index is 4.82. The van der Waals surface area contributed by atoms with E-state index in [-0.39, 0.29) is 0 Å². The van der Waals surface area contributed by atoms with Crippen molar-refractivity contribution in [3.05, 3.63) is 10.6 Å². The topological polar surface area (TPSA) is 28.2 Å². The maximum absolute atomic E-state index is 4.82. The van der Waals surface area contributed by atoms with Gasteiger partial charge in [-0.3, -0.25) is 0 Å². The van der Waals surface area contributed by atoms with Crippen molar-refractivity contribution in [2.75, 3.05) is 18.5 Å². The molecular formula is C14H23N3S. The monoisotopic (exact) mass is 265 g/mol. The fourth-order valence-electron chi connectivity index (χ4n) is 3.55. The van der Waals surface area contributed by atoms with Crippen LogP contribution in [0.4, 0.5) is 5.13 Å². The fraction of sp³-hybridized carbons (Fsp3) is 0.786. The lowest BCUT2D eigenvalue weighted by Crippen LogP contribution is -2.42. The number of fused-ring (bicyclic) bond motifs is 1. The highest BCUT2D eigenvalue weighted by Gasteiger charge is 2.36. The van der Waals surface area contributed by atoms with Crippen LogP contribution in [0, 0.1) is 12.8 Å². The van der Waals surface area contributed by atoms with Gasteiger partial charge in [0.05, 0.1) is 5.69 Å². The molecule has 2 aliphatic rings. The molecule has 1 aliphatic heterocycles. The minimum Gasteiger partial charge on any atom is -0.345 e. The van der Waals surface area contributed by atoms with Crippen LogP contribution in [0.1, 0.15) is 42.7 Å². The van der Waals surface area contributed by atoms with Crippen molar-refractivity contribution >= 4 is 16.5 Å². The third kappa shape index (κ3) is 2.16. The molecule has 0 radical (unpaired) electrons. The van der Waals surface area contributed by atoms with Crippen LogP contribution < -0.4 is 10.2 Å². The van der Waals surface area contributed by atoms with Crippen LogP contribution >= 0.6 is 11.3 Å². The number of nitrogens with zero attached hydrogens (tertiary/aromatic N) is 2. The van der Waals surface area contributed by atoms with Gasteiger partial charge >= 0.3 is 0 Å². The zero-order valence-corrected chi connectivity index (χ0v) is 12.2. The van der Waals surface area contributed by atoms with E-state index in [1.54, 1.807) is 0 Å². The van der Waals surface area contributed by atoms with Crippen molar-refractivity contribution in [3.63, 3.8) is 0 Å². The first-order chi connectivity index (χ1) is 8.79. The molecule has 1 N–H and O–H groups in total. The van der Waals surface area contributed by atoms with Crippen molar-refractivity contribution in [2.24, 2.45) is 5.92 Å². The van der Waals surface area contributed by atoms with Gasteiger partial charge in [0.1, 0.15) is 0 Å². The molecule has 1 aliphatic carbocycles. The van der Waals surface area contributed by atoms with Crippen LogP contribution in [0.3, 0.4) is 0 Å². The molecule has 2 atom stereocenters. The fourth-order valence-corrected chi connectivity index (χ4v) is 4.71. The first kappa shape index (κ1) is 12.4. The van der Waals surface area contributed by atoms with E-state index in [4.69, 9.17) is 4.98 Å². The average molecular weight is 265 g/mol. The lowest BCUT2D eigenvalue weighted by atomic mass is 9.92. The van der Waals surface area contributed by atoms with E-state index in [2.05, 4.69) is 17.1 Å². The molecule has 1 saturated heterocycles. The summed E-state index contributed by atoms with van der Waals surface area (Å²) in [4.78, 5) is 8.82. The summed E-state index contributed by atoms with van der Waals surface area (Å²) < 4.78 is 0.